The Morgan fingerprint density at radius 3 is 2.50 bits per heavy atom. The van der Waals surface area contributed by atoms with Gasteiger partial charge < -0.3 is 5.32 Å². The number of hydrogen-bond acceptors (Lipinski definition) is 4. The van der Waals surface area contributed by atoms with Crippen LogP contribution in [0, 0.1) is 13.8 Å². The van der Waals surface area contributed by atoms with Crippen LogP contribution >= 0.6 is 0 Å². The molecule has 0 saturated heterocycles. The minimum absolute atomic E-state index is 0.242. The third-order valence-corrected chi connectivity index (χ3v) is 3.97. The monoisotopic (exact) mass is 324 g/mol. The van der Waals surface area contributed by atoms with Crippen molar-refractivity contribution in [2.75, 3.05) is 11.9 Å². The Bertz CT molecular complexity index is 818. The van der Waals surface area contributed by atoms with Crippen molar-refractivity contribution < 1.29 is 9.59 Å². The topological polar surface area (TPSA) is 67.2 Å². The fourth-order valence-corrected chi connectivity index (χ4v) is 2.75. The van der Waals surface area contributed by atoms with Crippen molar-refractivity contribution in [2.45, 2.75) is 27.3 Å². The van der Waals surface area contributed by atoms with E-state index < -0.39 is 0 Å². The zero-order chi connectivity index (χ0) is 17.3. The number of rotatable bonds is 4. The Morgan fingerprint density at radius 1 is 1.25 bits per heavy atom. The average Bonchev–Trinajstić information content (AvgIpc) is 3.03. The maximum atomic E-state index is 11.7. The third kappa shape index (κ3) is 3.37. The van der Waals surface area contributed by atoms with Crippen molar-refractivity contribution in [3.8, 4) is 0 Å². The molecule has 1 aliphatic heterocycles. The Kier molecular flexibility index (Phi) is 4.20. The van der Waals surface area contributed by atoms with Gasteiger partial charge >= 0.3 is 0 Å². The largest absolute Gasteiger partial charge is 0.357 e. The van der Waals surface area contributed by atoms with E-state index >= 15 is 0 Å². The summed E-state index contributed by atoms with van der Waals surface area (Å²) in [6, 6.07) is 10.0. The summed E-state index contributed by atoms with van der Waals surface area (Å²) < 4.78 is 1.97. The van der Waals surface area contributed by atoms with Gasteiger partial charge in [0.1, 0.15) is 0 Å². The Morgan fingerprint density at radius 2 is 1.96 bits per heavy atom. The van der Waals surface area contributed by atoms with Crippen molar-refractivity contribution >= 4 is 17.5 Å². The first-order valence-corrected chi connectivity index (χ1v) is 7.82. The van der Waals surface area contributed by atoms with Crippen LogP contribution in [0.3, 0.4) is 0 Å². The van der Waals surface area contributed by atoms with Crippen molar-refractivity contribution in [2.24, 2.45) is 0 Å². The zero-order valence-electron chi connectivity index (χ0n) is 14.0. The molecule has 3 rings (SSSR count). The summed E-state index contributed by atoms with van der Waals surface area (Å²) in [6.07, 6.45) is 1.46. The average molecular weight is 324 g/mol. The Labute approximate surface area is 140 Å². The smallest absolute Gasteiger partial charge is 0.255 e. The molecule has 0 bridgehead atoms. The van der Waals surface area contributed by atoms with E-state index in [0.29, 0.717) is 6.54 Å². The number of carbonyl (C=O) groups is 2. The lowest BCUT2D eigenvalue weighted by atomic mass is 10.2. The van der Waals surface area contributed by atoms with Crippen LogP contribution in [0.5, 0.6) is 0 Å². The molecule has 2 heterocycles. The molecule has 0 unspecified atom stereocenters. The first-order chi connectivity index (χ1) is 11.4. The maximum absolute atomic E-state index is 11.7. The van der Waals surface area contributed by atoms with Gasteiger partial charge in [0.05, 0.1) is 18.8 Å². The van der Waals surface area contributed by atoms with Gasteiger partial charge in [0, 0.05) is 30.1 Å². The number of anilines is 1. The SMILES string of the molecule is CC(=O)N1CC(Nc2ccc(Cn3nc(C)cc3C)cc2)=CC1=O. The second-order valence-corrected chi connectivity index (χ2v) is 6.02. The number of hydrogen-bond donors (Lipinski definition) is 1. The molecule has 0 aliphatic carbocycles. The van der Waals surface area contributed by atoms with Gasteiger partial charge in [-0.2, -0.15) is 5.10 Å². The van der Waals surface area contributed by atoms with Crippen molar-refractivity contribution in [1.29, 1.82) is 0 Å². The van der Waals surface area contributed by atoms with Crippen molar-refractivity contribution in [3.05, 3.63) is 59.1 Å². The number of carbonyl (C=O) groups excluding carboxylic acids is 2. The summed E-state index contributed by atoms with van der Waals surface area (Å²) in [6.45, 7) is 6.43. The number of nitrogens with one attached hydrogen (secondary N) is 1. The van der Waals surface area contributed by atoms with Crippen LogP contribution in [0.4, 0.5) is 5.69 Å². The van der Waals surface area contributed by atoms with E-state index in [2.05, 4.69) is 16.5 Å². The molecule has 1 aromatic carbocycles. The van der Waals surface area contributed by atoms with E-state index in [1.807, 2.05) is 42.8 Å². The first-order valence-electron chi connectivity index (χ1n) is 7.82. The zero-order valence-corrected chi connectivity index (χ0v) is 14.0. The normalized spacial score (nSPS) is 14.0. The molecule has 0 radical (unpaired) electrons. The third-order valence-electron chi connectivity index (χ3n) is 3.97. The lowest BCUT2D eigenvalue weighted by Crippen LogP contribution is -2.31. The molecule has 1 N–H and O–H groups in total. The summed E-state index contributed by atoms with van der Waals surface area (Å²) in [7, 11) is 0. The number of nitrogens with zero attached hydrogens (tertiary/aromatic N) is 3. The summed E-state index contributed by atoms with van der Waals surface area (Å²) in [5.41, 5.74) is 4.90. The highest BCUT2D eigenvalue weighted by Crippen LogP contribution is 2.17. The summed E-state index contributed by atoms with van der Waals surface area (Å²) in [5.74, 6) is -0.514. The number of amides is 2. The van der Waals surface area contributed by atoms with E-state index in [4.69, 9.17) is 0 Å². The van der Waals surface area contributed by atoms with E-state index in [-0.39, 0.29) is 11.8 Å². The molecule has 2 amide bonds. The van der Waals surface area contributed by atoms with E-state index in [1.54, 1.807) is 0 Å². The molecule has 0 saturated carbocycles. The summed E-state index contributed by atoms with van der Waals surface area (Å²) >= 11 is 0. The molecule has 1 aliphatic rings. The molecular weight excluding hydrogens is 304 g/mol. The molecule has 0 spiro atoms. The number of imide groups is 1. The predicted octanol–water partition coefficient (Wildman–Crippen LogP) is 2.23. The van der Waals surface area contributed by atoms with Gasteiger partial charge in [-0.1, -0.05) is 12.1 Å². The highest BCUT2D eigenvalue weighted by molar-refractivity contribution is 6.03. The maximum Gasteiger partial charge on any atom is 0.255 e. The number of aromatic nitrogens is 2. The van der Waals surface area contributed by atoms with Gasteiger partial charge in [-0.3, -0.25) is 19.2 Å². The minimum Gasteiger partial charge on any atom is -0.357 e. The molecule has 2 aromatic rings. The fourth-order valence-electron chi connectivity index (χ4n) is 2.75. The van der Waals surface area contributed by atoms with Crippen LogP contribution < -0.4 is 5.32 Å². The Balaban J connectivity index is 1.65. The summed E-state index contributed by atoms with van der Waals surface area (Å²) in [4.78, 5) is 24.2. The van der Waals surface area contributed by atoms with Crippen molar-refractivity contribution in [1.82, 2.24) is 14.7 Å². The van der Waals surface area contributed by atoms with Crippen molar-refractivity contribution in [3.63, 3.8) is 0 Å². The molecule has 0 atom stereocenters. The fraction of sp³-hybridized carbons (Fsp3) is 0.278. The minimum atomic E-state index is -0.272. The lowest BCUT2D eigenvalue weighted by molar-refractivity contribution is -0.138. The highest BCUT2D eigenvalue weighted by Gasteiger charge is 2.24. The van der Waals surface area contributed by atoms with Crippen LogP contribution in [0.2, 0.25) is 0 Å². The molecule has 6 heteroatoms. The molecule has 0 fully saturated rings. The quantitative estimate of drug-likeness (QED) is 0.936. The van der Waals surface area contributed by atoms with Crippen LogP contribution in [0.15, 0.2) is 42.1 Å². The second-order valence-electron chi connectivity index (χ2n) is 6.02. The van der Waals surface area contributed by atoms with Gasteiger partial charge in [-0.05, 0) is 37.6 Å². The van der Waals surface area contributed by atoms with Crippen LogP contribution in [0.1, 0.15) is 23.9 Å². The Hall–Kier alpha value is -2.89. The standard InChI is InChI=1S/C18H20N4O2/c1-12-8-13(2)22(20-12)10-15-4-6-16(7-5-15)19-17-9-18(24)21(11-17)14(3)23/h4-9,19H,10-11H2,1-3H3. The van der Waals surface area contributed by atoms with E-state index in [9.17, 15) is 9.59 Å². The van der Waals surface area contributed by atoms with Gasteiger partial charge in [-0.15, -0.1) is 0 Å². The lowest BCUT2D eigenvalue weighted by Gasteiger charge is -2.13. The number of aryl methyl sites for hydroxylation is 2. The van der Waals surface area contributed by atoms with Gasteiger partial charge in [0.25, 0.3) is 5.91 Å². The summed E-state index contributed by atoms with van der Waals surface area (Å²) in [5, 5.41) is 7.65. The van der Waals surface area contributed by atoms with Crippen LogP contribution in [0.25, 0.3) is 0 Å². The first kappa shape index (κ1) is 16.0. The van der Waals surface area contributed by atoms with Gasteiger partial charge in [-0.25, -0.2) is 0 Å². The van der Waals surface area contributed by atoms with Gasteiger partial charge in [0.2, 0.25) is 5.91 Å². The van der Waals surface area contributed by atoms with Crippen LogP contribution in [-0.4, -0.2) is 33.0 Å². The van der Waals surface area contributed by atoms with E-state index in [1.165, 1.54) is 17.9 Å². The van der Waals surface area contributed by atoms with Crippen LogP contribution in [-0.2, 0) is 16.1 Å². The number of benzene rings is 1. The molecule has 1 aromatic heterocycles. The molecule has 24 heavy (non-hydrogen) atoms. The predicted molar refractivity (Wildman–Crippen MR) is 91.3 cm³/mol. The molecule has 124 valence electrons. The highest BCUT2D eigenvalue weighted by atomic mass is 16.2. The molecule has 6 nitrogen and oxygen atoms in total. The van der Waals surface area contributed by atoms with E-state index in [0.717, 1.165) is 34.9 Å². The second kappa shape index (κ2) is 6.31. The van der Waals surface area contributed by atoms with Gasteiger partial charge in [0.15, 0.2) is 0 Å². The molecular formula is C18H20N4O2.